The predicted molar refractivity (Wildman–Crippen MR) is 113 cm³/mol. The molecule has 3 rings (SSSR count). The summed E-state index contributed by atoms with van der Waals surface area (Å²) >= 11 is 1.35. The maximum Gasteiger partial charge on any atom is 0.234 e. The van der Waals surface area contributed by atoms with E-state index >= 15 is 0 Å². The summed E-state index contributed by atoms with van der Waals surface area (Å²) in [5.41, 5.74) is 2.76. The van der Waals surface area contributed by atoms with E-state index < -0.39 is 0 Å². The number of nitrogens with zero attached hydrogens (tertiary/aromatic N) is 4. The van der Waals surface area contributed by atoms with Gasteiger partial charge in [0.25, 0.3) is 0 Å². The van der Waals surface area contributed by atoms with Crippen LogP contribution in [-0.2, 0) is 11.8 Å². The summed E-state index contributed by atoms with van der Waals surface area (Å²) in [6.07, 6.45) is 0. The fourth-order valence-electron chi connectivity index (χ4n) is 2.62. The lowest BCUT2D eigenvalue weighted by atomic mass is 10.2. The Morgan fingerprint density at radius 3 is 2.61 bits per heavy atom. The van der Waals surface area contributed by atoms with Crippen LogP contribution < -0.4 is 15.0 Å². The van der Waals surface area contributed by atoms with Gasteiger partial charge in [0.05, 0.1) is 12.9 Å². The smallest absolute Gasteiger partial charge is 0.234 e. The van der Waals surface area contributed by atoms with Crippen LogP contribution in [0.1, 0.15) is 0 Å². The van der Waals surface area contributed by atoms with Gasteiger partial charge in [0.2, 0.25) is 5.91 Å². The molecular weight excluding hydrogens is 374 g/mol. The van der Waals surface area contributed by atoms with Crippen molar-refractivity contribution in [2.24, 2.45) is 7.05 Å². The van der Waals surface area contributed by atoms with E-state index in [4.69, 9.17) is 4.74 Å². The topological polar surface area (TPSA) is 72.3 Å². The van der Waals surface area contributed by atoms with Crippen LogP contribution in [-0.4, -0.2) is 47.6 Å². The Labute approximate surface area is 168 Å². The van der Waals surface area contributed by atoms with Gasteiger partial charge in [-0.25, -0.2) is 0 Å². The Kier molecular flexibility index (Phi) is 6.20. The van der Waals surface area contributed by atoms with Crippen molar-refractivity contribution in [1.82, 2.24) is 14.8 Å². The van der Waals surface area contributed by atoms with Gasteiger partial charge in [0.15, 0.2) is 11.0 Å². The van der Waals surface area contributed by atoms with Crippen LogP contribution in [0, 0.1) is 0 Å². The Balaban J connectivity index is 1.61. The van der Waals surface area contributed by atoms with E-state index in [-0.39, 0.29) is 11.7 Å². The number of methoxy groups -OCH3 is 1. The Morgan fingerprint density at radius 1 is 1.18 bits per heavy atom. The molecule has 0 atom stereocenters. The number of rotatable bonds is 7. The molecular formula is C20H23N5O2S. The van der Waals surface area contributed by atoms with Gasteiger partial charge in [0.1, 0.15) is 5.75 Å². The highest BCUT2D eigenvalue weighted by Gasteiger charge is 2.13. The Bertz CT molecular complexity index is 953. The fraction of sp³-hybridized carbons (Fsp3) is 0.250. The van der Waals surface area contributed by atoms with Crippen LogP contribution in [0.25, 0.3) is 11.4 Å². The van der Waals surface area contributed by atoms with E-state index in [1.165, 1.54) is 11.8 Å². The van der Waals surface area contributed by atoms with E-state index in [9.17, 15) is 4.79 Å². The van der Waals surface area contributed by atoms with Crippen LogP contribution in [0.4, 0.5) is 11.4 Å². The molecule has 28 heavy (non-hydrogen) atoms. The van der Waals surface area contributed by atoms with Gasteiger partial charge in [-0.05, 0) is 36.4 Å². The number of carbonyl (C=O) groups is 1. The number of anilines is 2. The summed E-state index contributed by atoms with van der Waals surface area (Å²) in [5, 5.41) is 12.0. The Morgan fingerprint density at radius 2 is 1.93 bits per heavy atom. The number of benzene rings is 2. The summed E-state index contributed by atoms with van der Waals surface area (Å²) in [7, 11) is 7.47. The lowest BCUT2D eigenvalue weighted by molar-refractivity contribution is -0.113. The van der Waals surface area contributed by atoms with Crippen LogP contribution in [0.5, 0.6) is 5.75 Å². The van der Waals surface area contributed by atoms with E-state index in [2.05, 4.69) is 15.5 Å². The third-order valence-corrected chi connectivity index (χ3v) is 5.18. The minimum atomic E-state index is -0.0893. The first-order valence-corrected chi connectivity index (χ1v) is 9.70. The highest BCUT2D eigenvalue weighted by molar-refractivity contribution is 7.99. The van der Waals surface area contributed by atoms with Crippen LogP contribution in [0.3, 0.4) is 0 Å². The molecule has 0 saturated heterocycles. The van der Waals surface area contributed by atoms with Crippen molar-refractivity contribution in [2.75, 3.05) is 37.2 Å². The van der Waals surface area contributed by atoms with Gasteiger partial charge < -0.3 is 19.5 Å². The average molecular weight is 398 g/mol. The highest BCUT2D eigenvalue weighted by Crippen LogP contribution is 2.25. The van der Waals surface area contributed by atoms with Gasteiger partial charge in [0, 0.05) is 38.1 Å². The number of thioether (sulfide) groups is 1. The first kappa shape index (κ1) is 19.8. The molecule has 0 saturated carbocycles. The van der Waals surface area contributed by atoms with E-state index in [0.29, 0.717) is 5.16 Å². The van der Waals surface area contributed by atoms with E-state index in [1.54, 1.807) is 7.11 Å². The minimum absolute atomic E-state index is 0.0893. The second kappa shape index (κ2) is 8.79. The molecule has 7 nitrogen and oxygen atoms in total. The molecule has 3 aromatic rings. The molecule has 146 valence electrons. The van der Waals surface area contributed by atoms with Crippen molar-refractivity contribution in [1.29, 1.82) is 0 Å². The largest absolute Gasteiger partial charge is 0.497 e. The summed E-state index contributed by atoms with van der Waals surface area (Å²) in [5.74, 6) is 1.64. The third kappa shape index (κ3) is 4.64. The summed E-state index contributed by atoms with van der Waals surface area (Å²) in [4.78, 5) is 14.3. The molecule has 0 aliphatic carbocycles. The molecule has 1 aromatic heterocycles. The molecule has 0 unspecified atom stereocenters. The fourth-order valence-corrected chi connectivity index (χ4v) is 3.34. The SMILES string of the molecule is COc1cccc(-c2nnc(SCC(=O)Nc3ccc(N(C)C)cc3)n2C)c1. The predicted octanol–water partition coefficient (Wildman–Crippen LogP) is 3.29. The average Bonchev–Trinajstić information content (AvgIpc) is 3.07. The van der Waals surface area contributed by atoms with Crippen molar-refractivity contribution in [3.8, 4) is 17.1 Å². The van der Waals surface area contributed by atoms with Gasteiger partial charge in [-0.2, -0.15) is 0 Å². The van der Waals surface area contributed by atoms with Gasteiger partial charge in [-0.3, -0.25) is 4.79 Å². The normalized spacial score (nSPS) is 10.6. The number of ether oxygens (including phenoxy) is 1. The molecule has 0 fully saturated rings. The molecule has 0 bridgehead atoms. The Hall–Kier alpha value is -3.00. The molecule has 1 N–H and O–H groups in total. The molecule has 2 aromatic carbocycles. The molecule has 1 amide bonds. The monoisotopic (exact) mass is 397 g/mol. The molecule has 0 spiro atoms. The molecule has 0 radical (unpaired) electrons. The number of hydrogen-bond acceptors (Lipinski definition) is 6. The van der Waals surface area contributed by atoms with Crippen molar-refractivity contribution in [2.45, 2.75) is 5.16 Å². The van der Waals surface area contributed by atoms with Gasteiger partial charge in [-0.15, -0.1) is 10.2 Å². The molecule has 8 heteroatoms. The maximum atomic E-state index is 12.3. The van der Waals surface area contributed by atoms with Crippen molar-refractivity contribution in [3.63, 3.8) is 0 Å². The van der Waals surface area contributed by atoms with Gasteiger partial charge in [-0.1, -0.05) is 23.9 Å². The molecule has 0 aliphatic rings. The maximum absolute atomic E-state index is 12.3. The number of aromatic nitrogens is 3. The van der Waals surface area contributed by atoms with Crippen LogP contribution in [0.2, 0.25) is 0 Å². The summed E-state index contributed by atoms with van der Waals surface area (Å²) in [6, 6.07) is 15.4. The summed E-state index contributed by atoms with van der Waals surface area (Å²) < 4.78 is 7.13. The molecule has 1 heterocycles. The van der Waals surface area contributed by atoms with Crippen LogP contribution >= 0.6 is 11.8 Å². The lowest BCUT2D eigenvalue weighted by Gasteiger charge is -2.13. The third-order valence-electron chi connectivity index (χ3n) is 4.16. The van der Waals surface area contributed by atoms with Crippen LogP contribution in [0.15, 0.2) is 53.7 Å². The quantitative estimate of drug-likeness (QED) is 0.617. The first-order valence-electron chi connectivity index (χ1n) is 8.72. The van der Waals surface area contributed by atoms with E-state index in [0.717, 1.165) is 28.5 Å². The second-order valence-corrected chi connectivity index (χ2v) is 7.32. The zero-order chi connectivity index (χ0) is 20.1. The number of carbonyl (C=O) groups excluding carboxylic acids is 1. The standard InChI is InChI=1S/C20H23N5O2S/c1-24(2)16-10-8-15(9-11-16)21-18(26)13-28-20-23-22-19(25(20)3)14-6-5-7-17(12-14)27-4/h5-12H,13H2,1-4H3,(H,21,26). The zero-order valence-corrected chi connectivity index (χ0v) is 17.2. The summed E-state index contributed by atoms with van der Waals surface area (Å²) in [6.45, 7) is 0. The highest BCUT2D eigenvalue weighted by atomic mass is 32.2. The zero-order valence-electron chi connectivity index (χ0n) is 16.3. The van der Waals surface area contributed by atoms with Crippen molar-refractivity contribution >= 4 is 29.0 Å². The van der Waals surface area contributed by atoms with E-state index in [1.807, 2.05) is 79.1 Å². The molecule has 0 aliphatic heterocycles. The minimum Gasteiger partial charge on any atom is -0.497 e. The van der Waals surface area contributed by atoms with Gasteiger partial charge >= 0.3 is 0 Å². The second-order valence-electron chi connectivity index (χ2n) is 6.38. The number of amides is 1. The first-order chi connectivity index (χ1) is 13.5. The number of nitrogens with one attached hydrogen (secondary N) is 1. The van der Waals surface area contributed by atoms with Crippen molar-refractivity contribution < 1.29 is 9.53 Å². The number of hydrogen-bond donors (Lipinski definition) is 1. The lowest BCUT2D eigenvalue weighted by Crippen LogP contribution is -2.15. The van der Waals surface area contributed by atoms with Crippen molar-refractivity contribution in [3.05, 3.63) is 48.5 Å².